The maximum absolute atomic E-state index is 6.06. The van der Waals surface area contributed by atoms with E-state index in [1.165, 1.54) is 0 Å². The lowest BCUT2D eigenvalue weighted by molar-refractivity contribution is -0.263. The number of ether oxygens (including phenoxy) is 4. The Bertz CT molecular complexity index is 259. The Hall–Kier alpha value is -0.160. The second kappa shape index (κ2) is 4.75. The minimum absolute atomic E-state index is 0.303. The van der Waals surface area contributed by atoms with E-state index in [9.17, 15) is 0 Å². The molecule has 0 N–H and O–H groups in total. The van der Waals surface area contributed by atoms with E-state index in [2.05, 4.69) is 13.8 Å². The lowest BCUT2D eigenvalue weighted by Crippen LogP contribution is -2.43. The van der Waals surface area contributed by atoms with Gasteiger partial charge in [-0.25, -0.2) is 0 Å². The number of epoxide rings is 2. The molecule has 104 valence electrons. The van der Waals surface area contributed by atoms with Gasteiger partial charge < -0.3 is 18.9 Å². The Labute approximate surface area is 109 Å². The number of hydrogen-bond donors (Lipinski definition) is 0. The molecule has 1 saturated carbocycles. The van der Waals surface area contributed by atoms with Gasteiger partial charge in [0.05, 0.1) is 26.4 Å². The van der Waals surface area contributed by atoms with Gasteiger partial charge in [-0.05, 0) is 18.3 Å². The van der Waals surface area contributed by atoms with Crippen LogP contribution in [0.1, 0.15) is 39.5 Å². The zero-order valence-electron chi connectivity index (χ0n) is 11.4. The van der Waals surface area contributed by atoms with E-state index >= 15 is 0 Å². The van der Waals surface area contributed by atoms with Gasteiger partial charge in [0.15, 0.2) is 5.79 Å². The molecule has 18 heavy (non-hydrogen) atoms. The summed E-state index contributed by atoms with van der Waals surface area (Å²) in [6.45, 7) is 7.67. The van der Waals surface area contributed by atoms with Gasteiger partial charge in [0.25, 0.3) is 0 Å². The van der Waals surface area contributed by atoms with Crippen LogP contribution < -0.4 is 0 Å². The van der Waals surface area contributed by atoms with E-state index in [-0.39, 0.29) is 5.79 Å². The van der Waals surface area contributed by atoms with E-state index in [1.54, 1.807) is 0 Å². The van der Waals surface area contributed by atoms with Crippen molar-refractivity contribution in [2.75, 3.05) is 26.4 Å². The molecule has 0 aromatic rings. The highest BCUT2D eigenvalue weighted by Crippen LogP contribution is 2.43. The zero-order valence-corrected chi connectivity index (χ0v) is 11.4. The van der Waals surface area contributed by atoms with Crippen molar-refractivity contribution in [1.29, 1.82) is 0 Å². The fraction of sp³-hybridized carbons (Fsp3) is 1.00. The van der Waals surface area contributed by atoms with E-state index in [0.717, 1.165) is 38.9 Å². The third-order valence-electron chi connectivity index (χ3n) is 4.23. The average Bonchev–Trinajstić information content (AvgIpc) is 3.21. The van der Waals surface area contributed by atoms with Crippen LogP contribution in [-0.2, 0) is 18.9 Å². The van der Waals surface area contributed by atoms with Crippen LogP contribution in [0, 0.1) is 5.41 Å². The van der Waals surface area contributed by atoms with Crippen LogP contribution in [-0.4, -0.2) is 44.4 Å². The monoisotopic (exact) mass is 256 g/mol. The Morgan fingerprint density at radius 3 is 1.72 bits per heavy atom. The standard InChI is InChI=1S/C14H24O4/c1-13(2)3-5-14(6-4-13,17-9-11-7-15-11)18-10-12-8-16-12/h11-12H,3-10H2,1-2H3. The molecule has 0 aromatic heterocycles. The van der Waals surface area contributed by atoms with Gasteiger partial charge in [-0.2, -0.15) is 0 Å². The van der Waals surface area contributed by atoms with Crippen molar-refractivity contribution in [2.24, 2.45) is 5.41 Å². The second-order valence-electron chi connectivity index (χ2n) is 6.61. The summed E-state index contributed by atoms with van der Waals surface area (Å²) in [7, 11) is 0. The highest BCUT2D eigenvalue weighted by molar-refractivity contribution is 4.86. The van der Waals surface area contributed by atoms with Crippen molar-refractivity contribution in [2.45, 2.75) is 57.5 Å². The molecule has 0 spiro atoms. The summed E-state index contributed by atoms with van der Waals surface area (Å²) in [5.41, 5.74) is 0.419. The number of rotatable bonds is 6. The molecule has 3 rings (SSSR count). The van der Waals surface area contributed by atoms with Gasteiger partial charge in [0.1, 0.15) is 12.2 Å². The number of hydrogen-bond acceptors (Lipinski definition) is 4. The predicted octanol–water partition coefficient (Wildman–Crippen LogP) is 2.11. The lowest BCUT2D eigenvalue weighted by Gasteiger charge is -2.42. The first-order valence-electron chi connectivity index (χ1n) is 7.08. The Balaban J connectivity index is 1.54. The summed E-state index contributed by atoms with van der Waals surface area (Å²) in [6.07, 6.45) is 4.89. The van der Waals surface area contributed by atoms with Crippen LogP contribution in [0.5, 0.6) is 0 Å². The summed E-state index contributed by atoms with van der Waals surface area (Å²) >= 11 is 0. The summed E-state index contributed by atoms with van der Waals surface area (Å²) in [4.78, 5) is 0. The molecule has 4 nitrogen and oxygen atoms in total. The molecule has 2 heterocycles. The quantitative estimate of drug-likeness (QED) is 0.539. The van der Waals surface area contributed by atoms with Crippen LogP contribution in [0.25, 0.3) is 0 Å². The normalized spacial score (nSPS) is 36.3. The smallest absolute Gasteiger partial charge is 0.168 e. The van der Waals surface area contributed by atoms with Gasteiger partial charge in [0, 0.05) is 12.8 Å². The third kappa shape index (κ3) is 3.44. The summed E-state index contributed by atoms with van der Waals surface area (Å²) in [5.74, 6) is -0.382. The summed E-state index contributed by atoms with van der Waals surface area (Å²) in [5, 5.41) is 0. The van der Waals surface area contributed by atoms with Crippen LogP contribution >= 0.6 is 0 Å². The van der Waals surface area contributed by atoms with Gasteiger partial charge in [-0.15, -0.1) is 0 Å². The topological polar surface area (TPSA) is 43.5 Å². The van der Waals surface area contributed by atoms with Gasteiger partial charge in [0.2, 0.25) is 0 Å². The van der Waals surface area contributed by atoms with Gasteiger partial charge in [-0.1, -0.05) is 13.8 Å². The molecule has 3 aliphatic rings. The molecule has 3 fully saturated rings. The average molecular weight is 256 g/mol. The van der Waals surface area contributed by atoms with Crippen molar-refractivity contribution < 1.29 is 18.9 Å². The molecular formula is C14H24O4. The SMILES string of the molecule is CC1(C)CCC(OCC2CO2)(OCC2CO2)CC1. The fourth-order valence-corrected chi connectivity index (χ4v) is 2.46. The first kappa shape index (κ1) is 12.9. The van der Waals surface area contributed by atoms with Crippen molar-refractivity contribution >= 4 is 0 Å². The van der Waals surface area contributed by atoms with Crippen LogP contribution in [0.2, 0.25) is 0 Å². The molecule has 2 aliphatic heterocycles. The van der Waals surface area contributed by atoms with Crippen molar-refractivity contribution in [3.8, 4) is 0 Å². The Morgan fingerprint density at radius 2 is 1.33 bits per heavy atom. The highest BCUT2D eigenvalue weighted by atomic mass is 16.7. The van der Waals surface area contributed by atoms with Crippen LogP contribution in [0.4, 0.5) is 0 Å². The Kier molecular flexibility index (Phi) is 3.39. The van der Waals surface area contributed by atoms with Gasteiger partial charge in [-0.3, -0.25) is 0 Å². The van der Waals surface area contributed by atoms with E-state index in [0.29, 0.717) is 30.8 Å². The minimum Gasteiger partial charge on any atom is -0.371 e. The van der Waals surface area contributed by atoms with Crippen LogP contribution in [0.15, 0.2) is 0 Å². The van der Waals surface area contributed by atoms with E-state index in [4.69, 9.17) is 18.9 Å². The molecular weight excluding hydrogens is 232 g/mol. The largest absolute Gasteiger partial charge is 0.371 e. The molecule has 2 unspecified atom stereocenters. The van der Waals surface area contributed by atoms with Crippen LogP contribution in [0.3, 0.4) is 0 Å². The molecule has 1 aliphatic carbocycles. The fourth-order valence-electron chi connectivity index (χ4n) is 2.46. The highest BCUT2D eigenvalue weighted by Gasteiger charge is 2.42. The van der Waals surface area contributed by atoms with E-state index < -0.39 is 0 Å². The predicted molar refractivity (Wildman–Crippen MR) is 66.4 cm³/mol. The van der Waals surface area contributed by atoms with Crippen molar-refractivity contribution in [1.82, 2.24) is 0 Å². The Morgan fingerprint density at radius 1 is 0.889 bits per heavy atom. The summed E-state index contributed by atoms with van der Waals surface area (Å²) in [6, 6.07) is 0. The molecule has 0 bridgehead atoms. The molecule has 2 saturated heterocycles. The maximum atomic E-state index is 6.06. The molecule has 4 heteroatoms. The third-order valence-corrected chi connectivity index (χ3v) is 4.23. The van der Waals surface area contributed by atoms with Crippen molar-refractivity contribution in [3.05, 3.63) is 0 Å². The second-order valence-corrected chi connectivity index (χ2v) is 6.61. The zero-order chi connectivity index (χ0) is 12.6. The maximum Gasteiger partial charge on any atom is 0.168 e. The molecule has 0 radical (unpaired) electrons. The van der Waals surface area contributed by atoms with E-state index in [1.807, 2.05) is 0 Å². The first-order chi connectivity index (χ1) is 8.57. The molecule has 0 aromatic carbocycles. The van der Waals surface area contributed by atoms with Crippen molar-refractivity contribution in [3.63, 3.8) is 0 Å². The minimum atomic E-state index is -0.382. The summed E-state index contributed by atoms with van der Waals surface area (Å²) < 4.78 is 22.6. The first-order valence-corrected chi connectivity index (χ1v) is 7.08. The molecule has 0 amide bonds. The molecule has 2 atom stereocenters. The van der Waals surface area contributed by atoms with Gasteiger partial charge >= 0.3 is 0 Å². The lowest BCUT2D eigenvalue weighted by atomic mass is 9.75.